The fraction of sp³-hybridized carbons (Fsp3) is 0.286. The van der Waals surface area contributed by atoms with Crippen LogP contribution in [0.25, 0.3) is 11.0 Å². The number of carbonyl (C=O) groups excluding carboxylic acids is 1. The third-order valence-electron chi connectivity index (χ3n) is 5.50. The highest BCUT2D eigenvalue weighted by atomic mass is 32.2. The van der Waals surface area contributed by atoms with E-state index in [1.54, 1.807) is 18.1 Å². The number of H-pyrrole nitrogens is 1. The molecule has 0 unspecified atom stereocenters. The van der Waals surface area contributed by atoms with E-state index in [1.807, 2.05) is 48.5 Å². The number of aromatic nitrogens is 3. The van der Waals surface area contributed by atoms with Crippen molar-refractivity contribution in [3.63, 3.8) is 0 Å². The SMILES string of the molecule is Cc1c[nH]c2ncnc(N3C=C(C(=O)N[C@H]4C[C@H](O)c5ccccc54)SCC3)c12. The molecule has 3 heterocycles. The number of hydrogen-bond acceptors (Lipinski definition) is 6. The van der Waals surface area contributed by atoms with Crippen molar-refractivity contribution in [3.8, 4) is 0 Å². The molecule has 2 aliphatic rings. The molecule has 0 spiro atoms. The summed E-state index contributed by atoms with van der Waals surface area (Å²) < 4.78 is 0. The van der Waals surface area contributed by atoms with Crippen LogP contribution in [-0.4, -0.2) is 38.3 Å². The Kier molecular flexibility index (Phi) is 4.52. The number of nitrogens with zero attached hydrogens (tertiary/aromatic N) is 3. The average Bonchev–Trinajstić information content (AvgIpc) is 3.28. The molecule has 7 nitrogen and oxygen atoms in total. The van der Waals surface area contributed by atoms with Gasteiger partial charge < -0.3 is 20.3 Å². The minimum Gasteiger partial charge on any atom is -0.388 e. The first kappa shape index (κ1) is 18.2. The monoisotopic (exact) mass is 407 g/mol. The molecule has 1 aromatic carbocycles. The van der Waals surface area contributed by atoms with Crippen LogP contribution in [0, 0.1) is 6.92 Å². The highest BCUT2D eigenvalue weighted by Gasteiger charge is 2.31. The fourth-order valence-electron chi connectivity index (χ4n) is 4.08. The molecule has 148 valence electrons. The molecule has 0 fully saturated rings. The Morgan fingerprint density at radius 2 is 2.14 bits per heavy atom. The van der Waals surface area contributed by atoms with Gasteiger partial charge in [-0.1, -0.05) is 24.3 Å². The van der Waals surface area contributed by atoms with E-state index in [1.165, 1.54) is 0 Å². The fourth-order valence-corrected chi connectivity index (χ4v) is 4.98. The van der Waals surface area contributed by atoms with Crippen LogP contribution in [0.2, 0.25) is 0 Å². The summed E-state index contributed by atoms with van der Waals surface area (Å²) in [5.74, 6) is 1.48. The van der Waals surface area contributed by atoms with Gasteiger partial charge in [0.05, 0.1) is 22.4 Å². The van der Waals surface area contributed by atoms with Crippen molar-refractivity contribution in [3.05, 3.63) is 64.6 Å². The second-order valence-electron chi connectivity index (χ2n) is 7.33. The zero-order valence-electron chi connectivity index (χ0n) is 15.9. The molecule has 3 N–H and O–H groups in total. The van der Waals surface area contributed by atoms with Crippen molar-refractivity contribution in [1.82, 2.24) is 20.3 Å². The summed E-state index contributed by atoms with van der Waals surface area (Å²) in [6.45, 7) is 2.79. The molecule has 0 saturated heterocycles. The minimum absolute atomic E-state index is 0.121. The highest BCUT2D eigenvalue weighted by Crippen LogP contribution is 2.39. The number of rotatable bonds is 3. The van der Waals surface area contributed by atoms with Crippen LogP contribution in [0.1, 0.15) is 35.3 Å². The standard InChI is InChI=1S/C21H21N5O2S/c1-12-9-22-19-18(12)20(24-11-23-19)26-6-7-29-17(10-26)21(28)25-15-8-16(27)14-5-3-2-4-13(14)15/h2-5,9-11,15-16,27H,6-8H2,1H3,(H,25,28)(H,22,23,24)/t15-,16-/m0/s1. The highest BCUT2D eigenvalue weighted by molar-refractivity contribution is 8.04. The van der Waals surface area contributed by atoms with Crippen molar-refractivity contribution < 1.29 is 9.90 Å². The normalized spacial score (nSPS) is 21.2. The first-order valence-electron chi connectivity index (χ1n) is 9.59. The van der Waals surface area contributed by atoms with Crippen LogP contribution < -0.4 is 10.2 Å². The molecule has 29 heavy (non-hydrogen) atoms. The maximum absolute atomic E-state index is 13.0. The number of aliphatic hydroxyl groups is 1. The van der Waals surface area contributed by atoms with Gasteiger partial charge in [0.1, 0.15) is 17.8 Å². The van der Waals surface area contributed by atoms with Crippen molar-refractivity contribution in [2.45, 2.75) is 25.5 Å². The predicted octanol–water partition coefficient (Wildman–Crippen LogP) is 2.96. The number of carbonyl (C=O) groups is 1. The Morgan fingerprint density at radius 3 is 3.00 bits per heavy atom. The molecular formula is C21H21N5O2S. The van der Waals surface area contributed by atoms with E-state index in [9.17, 15) is 9.90 Å². The Labute approximate surface area is 172 Å². The van der Waals surface area contributed by atoms with Crippen LogP contribution in [0.5, 0.6) is 0 Å². The van der Waals surface area contributed by atoms with Gasteiger partial charge in [0.25, 0.3) is 5.91 Å². The molecule has 0 bridgehead atoms. The molecule has 2 aromatic heterocycles. The number of aliphatic hydroxyl groups excluding tert-OH is 1. The lowest BCUT2D eigenvalue weighted by Crippen LogP contribution is -2.32. The first-order chi connectivity index (χ1) is 14.1. The Balaban J connectivity index is 1.41. The molecule has 3 aromatic rings. The van der Waals surface area contributed by atoms with Crippen LogP contribution in [0.3, 0.4) is 0 Å². The summed E-state index contributed by atoms with van der Waals surface area (Å²) in [4.78, 5) is 27.6. The van der Waals surface area contributed by atoms with E-state index in [2.05, 4.69) is 20.3 Å². The van der Waals surface area contributed by atoms with Crippen molar-refractivity contribution >= 4 is 34.5 Å². The lowest BCUT2D eigenvalue weighted by atomic mass is 10.1. The van der Waals surface area contributed by atoms with Gasteiger partial charge in [-0.3, -0.25) is 4.79 Å². The van der Waals surface area contributed by atoms with E-state index in [0.29, 0.717) is 11.3 Å². The van der Waals surface area contributed by atoms with E-state index < -0.39 is 6.10 Å². The zero-order chi connectivity index (χ0) is 20.0. The minimum atomic E-state index is -0.535. The molecule has 1 aliphatic heterocycles. The smallest absolute Gasteiger partial charge is 0.259 e. The van der Waals surface area contributed by atoms with E-state index in [0.717, 1.165) is 45.8 Å². The second kappa shape index (κ2) is 7.20. The molecular weight excluding hydrogens is 386 g/mol. The van der Waals surface area contributed by atoms with Gasteiger partial charge in [-0.2, -0.15) is 0 Å². The number of thioether (sulfide) groups is 1. The number of fused-ring (bicyclic) bond motifs is 2. The third-order valence-corrected chi connectivity index (χ3v) is 6.49. The van der Waals surface area contributed by atoms with Gasteiger partial charge in [-0.15, -0.1) is 11.8 Å². The lowest BCUT2D eigenvalue weighted by molar-refractivity contribution is -0.117. The molecule has 0 saturated carbocycles. The largest absolute Gasteiger partial charge is 0.388 e. The van der Waals surface area contributed by atoms with Crippen molar-refractivity contribution in [2.75, 3.05) is 17.2 Å². The van der Waals surface area contributed by atoms with Gasteiger partial charge in [-0.25, -0.2) is 9.97 Å². The summed E-state index contributed by atoms with van der Waals surface area (Å²) in [7, 11) is 0. The lowest BCUT2D eigenvalue weighted by Gasteiger charge is -2.26. The summed E-state index contributed by atoms with van der Waals surface area (Å²) in [6.07, 6.45) is 5.30. The summed E-state index contributed by atoms with van der Waals surface area (Å²) >= 11 is 1.54. The van der Waals surface area contributed by atoms with E-state index in [-0.39, 0.29) is 11.9 Å². The number of amides is 1. The first-order valence-corrected chi connectivity index (χ1v) is 10.6. The second-order valence-corrected chi connectivity index (χ2v) is 8.47. The Bertz CT molecular complexity index is 1130. The quantitative estimate of drug-likeness (QED) is 0.618. The number of anilines is 1. The van der Waals surface area contributed by atoms with Crippen LogP contribution in [0.4, 0.5) is 5.82 Å². The van der Waals surface area contributed by atoms with E-state index in [4.69, 9.17) is 0 Å². The number of nitrogens with one attached hydrogen (secondary N) is 2. The van der Waals surface area contributed by atoms with Gasteiger partial charge in [0.15, 0.2) is 0 Å². The van der Waals surface area contributed by atoms with Gasteiger partial charge >= 0.3 is 0 Å². The number of hydrogen-bond donors (Lipinski definition) is 3. The summed E-state index contributed by atoms with van der Waals surface area (Å²) in [5, 5.41) is 14.3. The van der Waals surface area contributed by atoms with Crippen molar-refractivity contribution in [1.29, 1.82) is 0 Å². The Morgan fingerprint density at radius 1 is 1.31 bits per heavy atom. The average molecular weight is 407 g/mol. The van der Waals surface area contributed by atoms with Crippen LogP contribution >= 0.6 is 11.8 Å². The van der Waals surface area contributed by atoms with Crippen molar-refractivity contribution in [2.24, 2.45) is 0 Å². The number of aromatic amines is 1. The summed E-state index contributed by atoms with van der Waals surface area (Å²) in [5.41, 5.74) is 3.76. The van der Waals surface area contributed by atoms with Gasteiger partial charge in [0.2, 0.25) is 0 Å². The zero-order valence-corrected chi connectivity index (χ0v) is 16.7. The maximum Gasteiger partial charge on any atom is 0.259 e. The molecule has 5 rings (SSSR count). The molecule has 1 amide bonds. The van der Waals surface area contributed by atoms with Crippen LogP contribution in [0.15, 0.2) is 47.9 Å². The molecule has 2 atom stereocenters. The van der Waals surface area contributed by atoms with Crippen LogP contribution in [-0.2, 0) is 4.79 Å². The summed E-state index contributed by atoms with van der Waals surface area (Å²) in [6, 6.07) is 7.56. The molecule has 1 aliphatic carbocycles. The predicted molar refractivity (Wildman–Crippen MR) is 113 cm³/mol. The number of benzene rings is 1. The van der Waals surface area contributed by atoms with Gasteiger partial charge in [0, 0.05) is 31.1 Å². The maximum atomic E-state index is 13.0. The molecule has 0 radical (unpaired) electrons. The third kappa shape index (κ3) is 3.18. The molecule has 8 heteroatoms. The van der Waals surface area contributed by atoms with E-state index >= 15 is 0 Å². The topological polar surface area (TPSA) is 94.1 Å². The number of aryl methyl sites for hydroxylation is 1. The Hall–Kier alpha value is -2.84. The van der Waals surface area contributed by atoms with Gasteiger partial charge in [-0.05, 0) is 23.6 Å².